The van der Waals surface area contributed by atoms with E-state index in [1.165, 1.54) is 18.0 Å². The van der Waals surface area contributed by atoms with E-state index < -0.39 is 5.97 Å². The molecule has 0 aliphatic rings. The molecule has 2 rings (SSSR count). The molecule has 1 heterocycles. The van der Waals surface area contributed by atoms with Gasteiger partial charge in [0.15, 0.2) is 0 Å². The van der Waals surface area contributed by atoms with Crippen LogP contribution in [0.4, 0.5) is 0 Å². The van der Waals surface area contributed by atoms with Crippen molar-refractivity contribution in [2.24, 2.45) is 0 Å². The number of carbonyl (C=O) groups is 1. The van der Waals surface area contributed by atoms with Gasteiger partial charge in [0.25, 0.3) is 0 Å². The SMILES string of the molecule is O=C(O)c1cccnc1SNCc1ccccc1Br. The van der Waals surface area contributed by atoms with E-state index in [9.17, 15) is 4.79 Å². The average molecular weight is 339 g/mol. The number of aromatic carboxylic acids is 1. The van der Waals surface area contributed by atoms with Crippen LogP contribution in [0.1, 0.15) is 15.9 Å². The number of hydrogen-bond donors (Lipinski definition) is 2. The minimum Gasteiger partial charge on any atom is -0.478 e. The topological polar surface area (TPSA) is 62.2 Å². The highest BCUT2D eigenvalue weighted by Crippen LogP contribution is 2.20. The first-order valence-electron chi connectivity index (χ1n) is 5.50. The lowest BCUT2D eigenvalue weighted by Gasteiger charge is -2.07. The first-order valence-corrected chi connectivity index (χ1v) is 7.11. The summed E-state index contributed by atoms with van der Waals surface area (Å²) in [6, 6.07) is 11.0. The molecule has 2 N–H and O–H groups in total. The fourth-order valence-corrected chi connectivity index (χ4v) is 2.63. The van der Waals surface area contributed by atoms with Gasteiger partial charge in [-0.25, -0.2) is 9.78 Å². The number of carboxylic acids is 1. The Bertz CT molecular complexity index is 592. The van der Waals surface area contributed by atoms with Crippen molar-refractivity contribution in [2.45, 2.75) is 11.6 Å². The number of pyridine rings is 1. The van der Waals surface area contributed by atoms with Gasteiger partial charge in [-0.3, -0.25) is 4.72 Å². The van der Waals surface area contributed by atoms with Crippen molar-refractivity contribution >= 4 is 33.8 Å². The zero-order valence-electron chi connectivity index (χ0n) is 9.84. The zero-order chi connectivity index (χ0) is 13.7. The lowest BCUT2D eigenvalue weighted by atomic mass is 10.2. The molecule has 98 valence electrons. The molecule has 0 saturated heterocycles. The molecule has 0 unspecified atom stereocenters. The summed E-state index contributed by atoms with van der Waals surface area (Å²) < 4.78 is 4.13. The van der Waals surface area contributed by atoms with E-state index in [0.29, 0.717) is 11.6 Å². The fraction of sp³-hybridized carbons (Fsp3) is 0.0769. The summed E-state index contributed by atoms with van der Waals surface area (Å²) in [5, 5.41) is 9.50. The van der Waals surface area contributed by atoms with Gasteiger partial charge in [0.05, 0.1) is 5.56 Å². The van der Waals surface area contributed by atoms with Crippen molar-refractivity contribution in [2.75, 3.05) is 0 Å². The number of benzene rings is 1. The summed E-state index contributed by atoms with van der Waals surface area (Å²) in [6.07, 6.45) is 1.58. The second kappa shape index (κ2) is 6.70. The van der Waals surface area contributed by atoms with Gasteiger partial charge in [0.2, 0.25) is 0 Å². The van der Waals surface area contributed by atoms with E-state index in [1.54, 1.807) is 12.3 Å². The minimum absolute atomic E-state index is 0.201. The lowest BCUT2D eigenvalue weighted by Crippen LogP contribution is -2.07. The van der Waals surface area contributed by atoms with Gasteiger partial charge < -0.3 is 5.11 Å². The van der Waals surface area contributed by atoms with Crippen LogP contribution in [0.2, 0.25) is 0 Å². The molecule has 0 atom stereocenters. The summed E-state index contributed by atoms with van der Waals surface area (Å²) in [6.45, 7) is 0.613. The van der Waals surface area contributed by atoms with E-state index in [1.807, 2.05) is 24.3 Å². The van der Waals surface area contributed by atoms with Gasteiger partial charge in [0, 0.05) is 17.2 Å². The third-order valence-corrected chi connectivity index (χ3v) is 3.97. The van der Waals surface area contributed by atoms with Crippen LogP contribution in [0.3, 0.4) is 0 Å². The van der Waals surface area contributed by atoms with Gasteiger partial charge in [-0.15, -0.1) is 0 Å². The molecule has 0 spiro atoms. The van der Waals surface area contributed by atoms with E-state index in [-0.39, 0.29) is 5.56 Å². The largest absolute Gasteiger partial charge is 0.478 e. The molecule has 0 fully saturated rings. The number of nitrogens with one attached hydrogen (secondary N) is 1. The van der Waals surface area contributed by atoms with Gasteiger partial charge in [0.1, 0.15) is 5.03 Å². The third kappa shape index (κ3) is 3.79. The van der Waals surface area contributed by atoms with Crippen LogP contribution in [0.25, 0.3) is 0 Å². The first-order chi connectivity index (χ1) is 9.18. The Kier molecular flexibility index (Phi) is 4.95. The normalized spacial score (nSPS) is 10.4. The zero-order valence-corrected chi connectivity index (χ0v) is 12.2. The van der Waals surface area contributed by atoms with E-state index >= 15 is 0 Å². The highest BCUT2D eigenvalue weighted by atomic mass is 79.9. The standard InChI is InChI=1S/C13H11BrN2O2S/c14-11-6-2-1-4-9(11)8-16-19-12-10(13(17)18)5-3-7-15-12/h1-7,16H,8H2,(H,17,18). The highest BCUT2D eigenvalue weighted by Gasteiger charge is 2.10. The minimum atomic E-state index is -0.974. The van der Waals surface area contributed by atoms with Crippen molar-refractivity contribution in [3.05, 3.63) is 58.2 Å². The number of rotatable bonds is 5. The summed E-state index contributed by atoms with van der Waals surface area (Å²) in [7, 11) is 0. The van der Waals surface area contributed by atoms with Crippen LogP contribution in [0.15, 0.2) is 52.1 Å². The molecule has 1 aromatic carbocycles. The van der Waals surface area contributed by atoms with Crippen molar-refractivity contribution < 1.29 is 9.90 Å². The summed E-state index contributed by atoms with van der Waals surface area (Å²) in [5.41, 5.74) is 1.30. The molecule has 0 radical (unpaired) electrons. The van der Waals surface area contributed by atoms with Gasteiger partial charge in [-0.2, -0.15) is 0 Å². The maximum absolute atomic E-state index is 11.0. The number of hydrogen-bond acceptors (Lipinski definition) is 4. The number of halogens is 1. The Morgan fingerprint density at radius 1 is 1.32 bits per heavy atom. The quantitative estimate of drug-likeness (QED) is 0.818. The molecule has 1 aromatic heterocycles. The van der Waals surface area contributed by atoms with Crippen LogP contribution in [-0.2, 0) is 6.54 Å². The Labute approximate surface area is 123 Å². The van der Waals surface area contributed by atoms with Crippen molar-refractivity contribution in [3.63, 3.8) is 0 Å². The molecular formula is C13H11BrN2O2S. The molecule has 0 aliphatic heterocycles. The molecule has 2 aromatic rings. The number of nitrogens with zero attached hydrogens (tertiary/aromatic N) is 1. The van der Waals surface area contributed by atoms with E-state index in [2.05, 4.69) is 25.6 Å². The fourth-order valence-electron chi connectivity index (χ4n) is 1.46. The number of carboxylic acid groups (broad SMARTS) is 1. The molecule has 0 aliphatic carbocycles. The molecule has 6 heteroatoms. The van der Waals surface area contributed by atoms with Crippen molar-refractivity contribution in [1.82, 2.24) is 9.71 Å². The van der Waals surface area contributed by atoms with E-state index in [4.69, 9.17) is 5.11 Å². The monoisotopic (exact) mass is 338 g/mol. The van der Waals surface area contributed by atoms with Crippen molar-refractivity contribution in [3.8, 4) is 0 Å². The molecule has 0 saturated carbocycles. The third-order valence-electron chi connectivity index (χ3n) is 2.39. The molecule has 0 bridgehead atoms. The predicted molar refractivity (Wildman–Crippen MR) is 78.0 cm³/mol. The smallest absolute Gasteiger partial charge is 0.338 e. The molecule has 4 nitrogen and oxygen atoms in total. The molecular weight excluding hydrogens is 328 g/mol. The molecule has 0 amide bonds. The Hall–Kier alpha value is -1.37. The second-order valence-corrected chi connectivity index (χ2v) is 5.41. The van der Waals surface area contributed by atoms with Crippen LogP contribution in [-0.4, -0.2) is 16.1 Å². The van der Waals surface area contributed by atoms with Gasteiger partial charge in [-0.1, -0.05) is 34.1 Å². The maximum Gasteiger partial charge on any atom is 0.338 e. The number of aromatic nitrogens is 1. The summed E-state index contributed by atoms with van der Waals surface area (Å²) in [5.74, 6) is -0.974. The lowest BCUT2D eigenvalue weighted by molar-refractivity contribution is 0.0692. The van der Waals surface area contributed by atoms with Gasteiger partial charge >= 0.3 is 5.97 Å². The van der Waals surface area contributed by atoms with Crippen LogP contribution >= 0.6 is 27.9 Å². The van der Waals surface area contributed by atoms with Crippen molar-refractivity contribution in [1.29, 1.82) is 0 Å². The Morgan fingerprint density at radius 3 is 2.84 bits per heavy atom. The van der Waals surface area contributed by atoms with Crippen LogP contribution in [0.5, 0.6) is 0 Å². The predicted octanol–water partition coefficient (Wildman–Crippen LogP) is 3.34. The first kappa shape index (κ1) is 14.0. The second-order valence-electron chi connectivity index (χ2n) is 3.68. The maximum atomic E-state index is 11.0. The average Bonchev–Trinajstić information content (AvgIpc) is 2.41. The summed E-state index contributed by atoms with van der Waals surface area (Å²) >= 11 is 4.68. The molecule has 19 heavy (non-hydrogen) atoms. The van der Waals surface area contributed by atoms with Gasteiger partial charge in [-0.05, 0) is 35.7 Å². The Morgan fingerprint density at radius 2 is 2.11 bits per heavy atom. The summed E-state index contributed by atoms with van der Waals surface area (Å²) in [4.78, 5) is 15.1. The van der Waals surface area contributed by atoms with E-state index in [0.717, 1.165) is 10.0 Å². The highest BCUT2D eigenvalue weighted by molar-refractivity contribution is 9.10. The van der Waals surface area contributed by atoms with Crippen LogP contribution < -0.4 is 4.72 Å². The Balaban J connectivity index is 2.00. The van der Waals surface area contributed by atoms with Crippen LogP contribution in [0, 0.1) is 0 Å².